The van der Waals surface area contributed by atoms with Crippen molar-refractivity contribution in [3.05, 3.63) is 0 Å². The predicted octanol–water partition coefficient (Wildman–Crippen LogP) is 0.374. The van der Waals surface area contributed by atoms with Crippen LogP contribution in [0.1, 0.15) is 26.7 Å². The highest BCUT2D eigenvalue weighted by molar-refractivity contribution is 5.81. The standard InChI is InChI=1S/C11H20N2O2/c1-3-13(9-6-12-7-9)11(14)10-5-4-8(2)15-10/h8-10,12H,3-7H2,1-2H3. The van der Waals surface area contributed by atoms with E-state index in [2.05, 4.69) is 5.32 Å². The third-order valence-electron chi connectivity index (χ3n) is 3.33. The van der Waals surface area contributed by atoms with Gasteiger partial charge in [-0.25, -0.2) is 0 Å². The molecule has 2 aliphatic rings. The molecule has 2 heterocycles. The first-order valence-corrected chi connectivity index (χ1v) is 5.89. The monoisotopic (exact) mass is 212 g/mol. The Morgan fingerprint density at radius 3 is 2.60 bits per heavy atom. The van der Waals surface area contributed by atoms with Crippen molar-refractivity contribution in [1.29, 1.82) is 0 Å². The van der Waals surface area contributed by atoms with E-state index in [0.717, 1.165) is 32.5 Å². The number of ether oxygens (including phenoxy) is 1. The average molecular weight is 212 g/mol. The Morgan fingerprint density at radius 2 is 2.20 bits per heavy atom. The molecular formula is C11H20N2O2. The molecule has 1 amide bonds. The predicted molar refractivity (Wildman–Crippen MR) is 57.6 cm³/mol. The summed E-state index contributed by atoms with van der Waals surface area (Å²) < 4.78 is 5.61. The molecule has 0 spiro atoms. The van der Waals surface area contributed by atoms with Gasteiger partial charge in [0.25, 0.3) is 5.91 Å². The third-order valence-corrected chi connectivity index (χ3v) is 3.33. The number of hydrogen-bond donors (Lipinski definition) is 1. The molecule has 2 unspecified atom stereocenters. The average Bonchev–Trinajstić information content (AvgIpc) is 2.57. The second-order valence-corrected chi connectivity index (χ2v) is 4.45. The topological polar surface area (TPSA) is 41.6 Å². The van der Waals surface area contributed by atoms with E-state index in [-0.39, 0.29) is 18.1 Å². The maximum absolute atomic E-state index is 12.1. The maximum Gasteiger partial charge on any atom is 0.252 e. The van der Waals surface area contributed by atoms with E-state index in [1.54, 1.807) is 0 Å². The van der Waals surface area contributed by atoms with Crippen molar-refractivity contribution in [3.63, 3.8) is 0 Å². The molecule has 0 aliphatic carbocycles. The molecular weight excluding hydrogens is 192 g/mol. The highest BCUT2D eigenvalue weighted by Gasteiger charge is 2.35. The van der Waals surface area contributed by atoms with Crippen LogP contribution >= 0.6 is 0 Å². The molecule has 1 N–H and O–H groups in total. The molecule has 0 radical (unpaired) electrons. The molecule has 2 fully saturated rings. The van der Waals surface area contributed by atoms with Gasteiger partial charge in [0.1, 0.15) is 6.10 Å². The van der Waals surface area contributed by atoms with E-state index in [0.29, 0.717) is 6.04 Å². The Kier molecular flexibility index (Phi) is 3.26. The van der Waals surface area contributed by atoms with Crippen LogP contribution in [0.4, 0.5) is 0 Å². The van der Waals surface area contributed by atoms with Gasteiger partial charge in [-0.3, -0.25) is 4.79 Å². The Morgan fingerprint density at radius 1 is 1.47 bits per heavy atom. The first-order chi connectivity index (χ1) is 7.22. The van der Waals surface area contributed by atoms with E-state index >= 15 is 0 Å². The number of carbonyl (C=O) groups is 1. The molecule has 0 aromatic carbocycles. The van der Waals surface area contributed by atoms with Crippen LogP contribution in [0, 0.1) is 0 Å². The van der Waals surface area contributed by atoms with E-state index < -0.39 is 0 Å². The van der Waals surface area contributed by atoms with Crippen LogP contribution in [0.15, 0.2) is 0 Å². The summed E-state index contributed by atoms with van der Waals surface area (Å²) in [7, 11) is 0. The summed E-state index contributed by atoms with van der Waals surface area (Å²) in [6, 6.07) is 0.391. The van der Waals surface area contributed by atoms with Crippen molar-refractivity contribution in [2.45, 2.75) is 44.9 Å². The molecule has 2 saturated heterocycles. The van der Waals surface area contributed by atoms with Gasteiger partial charge in [-0.05, 0) is 26.7 Å². The van der Waals surface area contributed by atoms with Crippen molar-refractivity contribution in [3.8, 4) is 0 Å². The number of hydrogen-bond acceptors (Lipinski definition) is 3. The van der Waals surface area contributed by atoms with Gasteiger partial charge in [-0.1, -0.05) is 0 Å². The molecule has 4 nitrogen and oxygen atoms in total. The molecule has 0 saturated carbocycles. The van der Waals surface area contributed by atoms with Crippen LogP contribution in [-0.4, -0.2) is 48.7 Å². The molecule has 4 heteroatoms. The molecule has 86 valence electrons. The van der Waals surface area contributed by atoms with Crippen molar-refractivity contribution >= 4 is 5.91 Å². The van der Waals surface area contributed by atoms with Crippen molar-refractivity contribution in [2.75, 3.05) is 19.6 Å². The second-order valence-electron chi connectivity index (χ2n) is 4.45. The van der Waals surface area contributed by atoms with E-state index in [1.807, 2.05) is 18.7 Å². The van der Waals surface area contributed by atoms with Crippen LogP contribution < -0.4 is 5.32 Å². The summed E-state index contributed by atoms with van der Waals surface area (Å²) in [5.41, 5.74) is 0. The zero-order chi connectivity index (χ0) is 10.8. The Labute approximate surface area is 91.0 Å². The molecule has 15 heavy (non-hydrogen) atoms. The van der Waals surface area contributed by atoms with Crippen LogP contribution in [0.2, 0.25) is 0 Å². The third kappa shape index (κ3) is 2.16. The van der Waals surface area contributed by atoms with Gasteiger partial charge in [-0.2, -0.15) is 0 Å². The summed E-state index contributed by atoms with van der Waals surface area (Å²) in [5.74, 6) is 0.188. The lowest BCUT2D eigenvalue weighted by Gasteiger charge is -2.38. The van der Waals surface area contributed by atoms with Gasteiger partial charge >= 0.3 is 0 Å². The van der Waals surface area contributed by atoms with Crippen LogP contribution in [0.25, 0.3) is 0 Å². The SMILES string of the molecule is CCN(C(=O)C1CCC(C)O1)C1CNC1. The molecule has 2 aliphatic heterocycles. The van der Waals surface area contributed by atoms with Crippen molar-refractivity contribution < 1.29 is 9.53 Å². The molecule has 0 aromatic rings. The fourth-order valence-corrected chi connectivity index (χ4v) is 2.26. The fraction of sp³-hybridized carbons (Fsp3) is 0.909. The first-order valence-electron chi connectivity index (χ1n) is 5.89. The lowest BCUT2D eigenvalue weighted by molar-refractivity contribution is -0.145. The summed E-state index contributed by atoms with van der Waals surface area (Å²) in [5, 5.41) is 3.20. The normalized spacial score (nSPS) is 31.3. The summed E-state index contributed by atoms with van der Waals surface area (Å²) in [6.07, 6.45) is 1.96. The second kappa shape index (κ2) is 4.49. The fourth-order valence-electron chi connectivity index (χ4n) is 2.26. The quantitative estimate of drug-likeness (QED) is 0.735. The summed E-state index contributed by atoms with van der Waals surface area (Å²) >= 11 is 0. The van der Waals surface area contributed by atoms with Crippen LogP contribution in [0.3, 0.4) is 0 Å². The zero-order valence-corrected chi connectivity index (χ0v) is 9.53. The Balaban J connectivity index is 1.92. The van der Waals surface area contributed by atoms with Gasteiger partial charge < -0.3 is 15.0 Å². The Hall–Kier alpha value is -0.610. The molecule has 0 bridgehead atoms. The van der Waals surface area contributed by atoms with Gasteiger partial charge in [0, 0.05) is 19.6 Å². The molecule has 2 rings (SSSR count). The van der Waals surface area contributed by atoms with Gasteiger partial charge in [-0.15, -0.1) is 0 Å². The highest BCUT2D eigenvalue weighted by atomic mass is 16.5. The number of carbonyl (C=O) groups excluding carboxylic acids is 1. The molecule has 2 atom stereocenters. The Bertz CT molecular complexity index is 241. The smallest absolute Gasteiger partial charge is 0.252 e. The lowest BCUT2D eigenvalue weighted by Crippen LogP contribution is -2.60. The van der Waals surface area contributed by atoms with E-state index in [1.165, 1.54) is 0 Å². The number of amides is 1. The summed E-state index contributed by atoms with van der Waals surface area (Å²) in [6.45, 7) is 6.73. The van der Waals surface area contributed by atoms with E-state index in [9.17, 15) is 4.79 Å². The minimum Gasteiger partial charge on any atom is -0.365 e. The van der Waals surface area contributed by atoms with Crippen molar-refractivity contribution in [2.24, 2.45) is 0 Å². The number of nitrogens with one attached hydrogen (secondary N) is 1. The van der Waals surface area contributed by atoms with Crippen LogP contribution in [-0.2, 0) is 9.53 Å². The minimum atomic E-state index is -0.180. The zero-order valence-electron chi connectivity index (χ0n) is 9.53. The maximum atomic E-state index is 12.1. The highest BCUT2D eigenvalue weighted by Crippen LogP contribution is 2.22. The first kappa shape index (κ1) is 10.9. The lowest BCUT2D eigenvalue weighted by atomic mass is 10.1. The minimum absolute atomic E-state index is 0.180. The number of nitrogens with zero attached hydrogens (tertiary/aromatic N) is 1. The number of rotatable bonds is 3. The largest absolute Gasteiger partial charge is 0.365 e. The van der Waals surface area contributed by atoms with Crippen molar-refractivity contribution in [1.82, 2.24) is 10.2 Å². The van der Waals surface area contributed by atoms with Crippen LogP contribution in [0.5, 0.6) is 0 Å². The van der Waals surface area contributed by atoms with Gasteiger partial charge in [0.2, 0.25) is 0 Å². The van der Waals surface area contributed by atoms with E-state index in [4.69, 9.17) is 4.74 Å². The number of likely N-dealkylation sites (N-methyl/N-ethyl adjacent to an activating group) is 1. The molecule has 0 aromatic heterocycles. The van der Waals surface area contributed by atoms with Gasteiger partial charge in [0.05, 0.1) is 12.1 Å². The van der Waals surface area contributed by atoms with Gasteiger partial charge in [0.15, 0.2) is 0 Å². The summed E-state index contributed by atoms with van der Waals surface area (Å²) in [4.78, 5) is 14.1.